The normalized spacial score (nSPS) is 36.2. The van der Waals surface area contributed by atoms with Crippen LogP contribution in [0.3, 0.4) is 0 Å². The molecule has 0 bridgehead atoms. The molecular weight excluding hydrogens is 712 g/mol. The standard InChI is InChI=1S/C34H44O19/c1-15-24(41)25(42)26(43)32(50-15)53-29-27(44)31(47-9-8-17-3-6-19(37)21(39)11-17)51-22(12-48-33-30(45)34(46,13-35)14-49-33)28(29)52-23(40)7-4-16-2-5-18(36)20(38)10-16/h2-7,10-11,15,22,24-33,35-39,41-46H,8-9,12-14H2,1H3/b7-4+. The summed E-state index contributed by atoms with van der Waals surface area (Å²) in [5.74, 6) is -2.62. The number of carbonyl (C=O) groups excluding carboxylic acids is 1. The first-order chi connectivity index (χ1) is 25.1. The van der Waals surface area contributed by atoms with Gasteiger partial charge in [-0.2, -0.15) is 0 Å². The molecule has 0 spiro atoms. The number of hydrogen-bond acceptors (Lipinski definition) is 19. The van der Waals surface area contributed by atoms with E-state index in [1.54, 1.807) is 0 Å². The number of hydrogen-bond donors (Lipinski definition) is 11. The average Bonchev–Trinajstić information content (AvgIpc) is 3.42. The van der Waals surface area contributed by atoms with Gasteiger partial charge in [-0.05, 0) is 54.8 Å². The second-order valence-electron chi connectivity index (χ2n) is 13.0. The van der Waals surface area contributed by atoms with Crippen molar-refractivity contribution in [2.24, 2.45) is 0 Å². The molecule has 0 saturated carbocycles. The largest absolute Gasteiger partial charge is 0.504 e. The summed E-state index contributed by atoms with van der Waals surface area (Å²) in [4.78, 5) is 13.2. The van der Waals surface area contributed by atoms with Gasteiger partial charge in [0.1, 0.15) is 48.3 Å². The van der Waals surface area contributed by atoms with Gasteiger partial charge in [-0.15, -0.1) is 0 Å². The third-order valence-electron chi connectivity index (χ3n) is 9.09. The molecule has 3 fully saturated rings. The van der Waals surface area contributed by atoms with Gasteiger partial charge in [0.15, 0.2) is 48.0 Å². The van der Waals surface area contributed by atoms with Gasteiger partial charge >= 0.3 is 5.97 Å². The molecule has 11 N–H and O–H groups in total. The van der Waals surface area contributed by atoms with Gasteiger partial charge in [0.25, 0.3) is 0 Å². The van der Waals surface area contributed by atoms with E-state index in [4.69, 9.17) is 33.2 Å². The van der Waals surface area contributed by atoms with Crippen LogP contribution in [0.1, 0.15) is 18.1 Å². The summed E-state index contributed by atoms with van der Waals surface area (Å²) in [5.41, 5.74) is -1.24. The number of aliphatic hydroxyl groups excluding tert-OH is 6. The lowest BCUT2D eigenvalue weighted by molar-refractivity contribution is -0.360. The summed E-state index contributed by atoms with van der Waals surface area (Å²) < 4.78 is 40.0. The molecule has 2 aromatic carbocycles. The zero-order valence-corrected chi connectivity index (χ0v) is 28.3. The molecule has 3 heterocycles. The van der Waals surface area contributed by atoms with E-state index in [0.717, 1.165) is 6.08 Å². The van der Waals surface area contributed by atoms with Gasteiger partial charge in [0.05, 0.1) is 32.5 Å². The average molecular weight is 757 g/mol. The highest BCUT2D eigenvalue weighted by Crippen LogP contribution is 2.34. The van der Waals surface area contributed by atoms with Crippen molar-refractivity contribution in [2.45, 2.75) is 92.8 Å². The minimum Gasteiger partial charge on any atom is -0.504 e. The van der Waals surface area contributed by atoms with Crippen LogP contribution in [0, 0.1) is 0 Å². The van der Waals surface area contributed by atoms with Gasteiger partial charge in [0, 0.05) is 6.08 Å². The molecule has 19 heteroatoms. The van der Waals surface area contributed by atoms with Crippen LogP contribution in [0.5, 0.6) is 23.0 Å². The number of carbonyl (C=O) groups is 1. The lowest BCUT2D eigenvalue weighted by Gasteiger charge is -2.46. The van der Waals surface area contributed by atoms with Crippen LogP contribution in [-0.2, 0) is 44.4 Å². The lowest BCUT2D eigenvalue weighted by atomic mass is 9.96. The number of ether oxygens (including phenoxy) is 7. The minimum absolute atomic E-state index is 0.136. The fraction of sp³-hybridized carbons (Fsp3) is 0.559. The van der Waals surface area contributed by atoms with Crippen molar-refractivity contribution in [1.82, 2.24) is 0 Å². The van der Waals surface area contributed by atoms with Crippen molar-refractivity contribution in [3.63, 3.8) is 0 Å². The zero-order valence-electron chi connectivity index (χ0n) is 28.3. The third-order valence-corrected chi connectivity index (χ3v) is 9.09. The van der Waals surface area contributed by atoms with Crippen LogP contribution in [0.15, 0.2) is 42.5 Å². The van der Waals surface area contributed by atoms with Crippen molar-refractivity contribution < 1.29 is 94.1 Å². The van der Waals surface area contributed by atoms with Crippen LogP contribution < -0.4 is 0 Å². The number of aromatic hydroxyl groups is 4. The number of phenols is 4. The number of esters is 1. The van der Waals surface area contributed by atoms with E-state index in [0.29, 0.717) is 5.56 Å². The highest BCUT2D eigenvalue weighted by molar-refractivity contribution is 5.87. The topological polar surface area (TPSA) is 304 Å². The number of aliphatic hydroxyl groups is 7. The molecule has 0 aromatic heterocycles. The fourth-order valence-electron chi connectivity index (χ4n) is 5.87. The SMILES string of the molecule is CC1OC(OC2C(O)C(OCCc3ccc(O)c(O)c3)OC(COC3OCC(O)(CO)C3O)C2OC(=O)/C=C/c2ccc(O)c(O)c2)C(O)C(O)C1O. The minimum atomic E-state index is -2.05. The molecule has 3 aliphatic heterocycles. The van der Waals surface area contributed by atoms with E-state index in [1.807, 2.05) is 0 Å². The zero-order chi connectivity index (χ0) is 38.6. The molecule has 0 aliphatic carbocycles. The lowest BCUT2D eigenvalue weighted by Crippen LogP contribution is -2.65. The Morgan fingerprint density at radius 2 is 1.53 bits per heavy atom. The molecule has 13 atom stereocenters. The molecule has 5 rings (SSSR count). The molecule has 3 saturated heterocycles. The van der Waals surface area contributed by atoms with Crippen molar-refractivity contribution in [1.29, 1.82) is 0 Å². The smallest absolute Gasteiger partial charge is 0.331 e. The Kier molecular flexibility index (Phi) is 13.2. The quantitative estimate of drug-likeness (QED) is 0.0569. The summed E-state index contributed by atoms with van der Waals surface area (Å²) >= 11 is 0. The number of benzene rings is 2. The molecule has 13 unspecified atom stereocenters. The van der Waals surface area contributed by atoms with E-state index < -0.39 is 117 Å². The first-order valence-corrected chi connectivity index (χ1v) is 16.6. The Hall–Kier alpha value is -3.67. The van der Waals surface area contributed by atoms with Gasteiger partial charge in [0.2, 0.25) is 0 Å². The molecule has 53 heavy (non-hydrogen) atoms. The van der Waals surface area contributed by atoms with Crippen molar-refractivity contribution >= 4 is 12.0 Å². The van der Waals surface area contributed by atoms with E-state index in [1.165, 1.54) is 49.4 Å². The van der Waals surface area contributed by atoms with E-state index in [9.17, 15) is 61.0 Å². The van der Waals surface area contributed by atoms with Gasteiger partial charge in [-0.25, -0.2) is 4.79 Å². The van der Waals surface area contributed by atoms with Crippen LogP contribution in [0.25, 0.3) is 6.08 Å². The van der Waals surface area contributed by atoms with E-state index in [2.05, 4.69) is 0 Å². The molecular formula is C34H44O19. The fourth-order valence-corrected chi connectivity index (χ4v) is 5.87. The maximum atomic E-state index is 13.2. The second kappa shape index (κ2) is 17.2. The van der Waals surface area contributed by atoms with Crippen LogP contribution >= 0.6 is 0 Å². The first-order valence-electron chi connectivity index (χ1n) is 16.6. The Morgan fingerprint density at radius 3 is 2.19 bits per heavy atom. The molecule has 294 valence electrons. The summed E-state index contributed by atoms with van der Waals surface area (Å²) in [6, 6.07) is 7.83. The number of phenolic OH excluding ortho intramolecular Hbond substituents is 4. The van der Waals surface area contributed by atoms with E-state index >= 15 is 0 Å². The first kappa shape index (κ1) is 40.5. The maximum Gasteiger partial charge on any atom is 0.331 e. The van der Waals surface area contributed by atoms with Crippen molar-refractivity contribution in [3.05, 3.63) is 53.6 Å². The Bertz CT molecular complexity index is 1570. The molecule has 0 radical (unpaired) electrons. The maximum absolute atomic E-state index is 13.2. The molecule has 19 nitrogen and oxygen atoms in total. The number of rotatable bonds is 13. The summed E-state index contributed by atoms with van der Waals surface area (Å²) in [6.45, 7) is -0.718. The molecule has 2 aromatic rings. The van der Waals surface area contributed by atoms with Crippen LogP contribution in [0.4, 0.5) is 0 Å². The Labute approximate surface area is 302 Å². The third kappa shape index (κ3) is 9.35. The van der Waals surface area contributed by atoms with Crippen molar-refractivity contribution in [3.8, 4) is 23.0 Å². The van der Waals surface area contributed by atoms with Gasteiger partial charge < -0.3 is 89.3 Å². The Balaban J connectivity index is 1.42. The summed E-state index contributed by atoms with van der Waals surface area (Å²) in [5, 5.41) is 112. The van der Waals surface area contributed by atoms with Crippen LogP contribution in [0.2, 0.25) is 0 Å². The summed E-state index contributed by atoms with van der Waals surface area (Å²) in [7, 11) is 0. The molecule has 3 aliphatic rings. The predicted octanol–water partition coefficient (Wildman–Crippen LogP) is -2.55. The van der Waals surface area contributed by atoms with Gasteiger partial charge in [-0.1, -0.05) is 12.1 Å². The van der Waals surface area contributed by atoms with Crippen LogP contribution in [-0.4, -0.2) is 168 Å². The van der Waals surface area contributed by atoms with E-state index in [-0.39, 0.29) is 30.1 Å². The highest BCUT2D eigenvalue weighted by atomic mass is 16.8. The second-order valence-corrected chi connectivity index (χ2v) is 13.0. The monoisotopic (exact) mass is 756 g/mol. The highest BCUT2D eigenvalue weighted by Gasteiger charge is 2.54. The summed E-state index contributed by atoms with van der Waals surface area (Å²) in [6.07, 6.45) is -17.0. The van der Waals surface area contributed by atoms with Crippen molar-refractivity contribution in [2.75, 3.05) is 26.4 Å². The van der Waals surface area contributed by atoms with Gasteiger partial charge in [-0.3, -0.25) is 0 Å². The molecule has 0 amide bonds. The Morgan fingerprint density at radius 1 is 0.830 bits per heavy atom. The predicted molar refractivity (Wildman–Crippen MR) is 174 cm³/mol.